The van der Waals surface area contributed by atoms with Crippen LogP contribution in [-0.2, 0) is 28.6 Å². The Morgan fingerprint density at radius 2 is 1.75 bits per heavy atom. The minimum absolute atomic E-state index is 0.000957. The molecule has 0 bridgehead atoms. The van der Waals surface area contributed by atoms with Crippen molar-refractivity contribution in [2.24, 2.45) is 23.7 Å². The van der Waals surface area contributed by atoms with Crippen LogP contribution in [-0.4, -0.2) is 113 Å². The van der Waals surface area contributed by atoms with Gasteiger partial charge < -0.3 is 44.3 Å². The van der Waals surface area contributed by atoms with Crippen LogP contribution < -0.4 is 0 Å². The summed E-state index contributed by atoms with van der Waals surface area (Å²) < 4.78 is 18.1. The molecule has 2 rings (SSSR count). The van der Waals surface area contributed by atoms with Gasteiger partial charge in [-0.2, -0.15) is 0 Å². The molecule has 0 aromatic rings. The third-order valence-corrected chi connectivity index (χ3v) is 9.15. The van der Waals surface area contributed by atoms with Gasteiger partial charge in [0.2, 0.25) is 0 Å². The number of cyclic esters (lactones) is 1. The van der Waals surface area contributed by atoms with Gasteiger partial charge in [-0.15, -0.1) is 0 Å². The van der Waals surface area contributed by atoms with Crippen LogP contribution in [0.25, 0.3) is 0 Å². The van der Waals surface area contributed by atoms with Crippen LogP contribution in [0.4, 0.5) is 0 Å². The van der Waals surface area contributed by atoms with Crippen molar-refractivity contribution in [2.75, 3.05) is 14.1 Å². The molecule has 13 atom stereocenters. The molecule has 11 heteroatoms. The van der Waals surface area contributed by atoms with Crippen LogP contribution in [0.5, 0.6) is 0 Å². The molecular formula is C33H55NO10. The van der Waals surface area contributed by atoms with Crippen LogP contribution in [0.2, 0.25) is 0 Å². The first-order valence-electron chi connectivity index (χ1n) is 15.9. The lowest BCUT2D eigenvalue weighted by atomic mass is 9.79. The van der Waals surface area contributed by atoms with Gasteiger partial charge in [-0.05, 0) is 59.2 Å². The van der Waals surface area contributed by atoms with Crippen molar-refractivity contribution in [3.05, 3.63) is 23.8 Å². The Morgan fingerprint density at radius 3 is 2.32 bits per heavy atom. The van der Waals surface area contributed by atoms with Gasteiger partial charge >= 0.3 is 5.97 Å². The maximum Gasteiger partial charge on any atom is 0.308 e. The van der Waals surface area contributed by atoms with E-state index in [-0.39, 0.29) is 25.0 Å². The van der Waals surface area contributed by atoms with Gasteiger partial charge in [0.05, 0.1) is 43.0 Å². The Bertz CT molecular complexity index is 999. The van der Waals surface area contributed by atoms with Gasteiger partial charge in [-0.1, -0.05) is 45.4 Å². The van der Waals surface area contributed by atoms with Gasteiger partial charge in [-0.25, -0.2) is 0 Å². The topological polar surface area (TPSA) is 163 Å². The molecule has 252 valence electrons. The molecule has 2 aliphatic rings. The first-order chi connectivity index (χ1) is 20.7. The molecule has 0 saturated carbocycles. The lowest BCUT2D eigenvalue weighted by Gasteiger charge is -2.46. The van der Waals surface area contributed by atoms with Crippen molar-refractivity contribution < 1.29 is 49.0 Å². The summed E-state index contributed by atoms with van der Waals surface area (Å²) in [7, 11) is 3.44. The van der Waals surface area contributed by atoms with E-state index in [0.717, 1.165) is 11.9 Å². The zero-order valence-electron chi connectivity index (χ0n) is 27.5. The first-order valence-corrected chi connectivity index (χ1v) is 15.9. The molecular weight excluding hydrogens is 570 g/mol. The van der Waals surface area contributed by atoms with Crippen LogP contribution in [0.3, 0.4) is 0 Å². The van der Waals surface area contributed by atoms with E-state index in [0.29, 0.717) is 12.8 Å². The first kappa shape index (κ1) is 38.2. The molecule has 2 heterocycles. The molecule has 44 heavy (non-hydrogen) atoms. The molecule has 13 unspecified atom stereocenters. The second-order valence-corrected chi connectivity index (χ2v) is 12.8. The van der Waals surface area contributed by atoms with Gasteiger partial charge in [0.25, 0.3) is 0 Å². The highest BCUT2D eigenvalue weighted by Gasteiger charge is 2.47. The Kier molecular flexibility index (Phi) is 15.3. The predicted molar refractivity (Wildman–Crippen MR) is 164 cm³/mol. The highest BCUT2D eigenvalue weighted by molar-refractivity contribution is 5.91. The maximum atomic E-state index is 13.2. The molecule has 0 spiro atoms. The Morgan fingerprint density at radius 1 is 1.09 bits per heavy atom. The minimum Gasteiger partial charge on any atom is -0.462 e. The largest absolute Gasteiger partial charge is 0.462 e. The van der Waals surface area contributed by atoms with E-state index in [1.54, 1.807) is 52.8 Å². The summed E-state index contributed by atoms with van der Waals surface area (Å²) in [6.45, 7) is 10.6. The molecule has 4 N–H and O–H groups in total. The van der Waals surface area contributed by atoms with E-state index in [2.05, 4.69) is 0 Å². The molecule has 0 radical (unpaired) electrons. The average molecular weight is 626 g/mol. The summed E-state index contributed by atoms with van der Waals surface area (Å²) >= 11 is 0. The van der Waals surface area contributed by atoms with Crippen molar-refractivity contribution in [1.29, 1.82) is 0 Å². The number of ether oxygens (including phenoxy) is 3. The fraction of sp³-hybridized carbons (Fsp3) is 0.788. The summed E-state index contributed by atoms with van der Waals surface area (Å²) in [4.78, 5) is 39.9. The number of aliphatic hydroxyl groups excluding tert-OH is 4. The van der Waals surface area contributed by atoms with Crippen LogP contribution in [0.1, 0.15) is 73.6 Å². The van der Waals surface area contributed by atoms with Gasteiger partial charge in [-0.3, -0.25) is 9.59 Å². The molecule has 0 aromatic carbocycles. The van der Waals surface area contributed by atoms with Crippen molar-refractivity contribution in [1.82, 2.24) is 4.90 Å². The quantitative estimate of drug-likeness (QED) is 0.231. The number of likely N-dealkylation sites (N-methyl/N-ethyl adjacent to an activating group) is 1. The monoisotopic (exact) mass is 625 g/mol. The standard InChI is InChI=1S/C33H55NO10/c1-9-24(36)23-15-18(3)11-12-25(37)19(4)16-22(13-14-35)32(20(5)26(38)17-28(39)43-27(23)10-2)44-33-31(41)29(34(7)8)30(40)21(6)42-33/h11-12,14-15,19-24,26-27,29-33,36,38,40-41H,9-10,13,16-17H2,1-8H3/b12-11+,18-15+. The number of hydrogen-bond acceptors (Lipinski definition) is 11. The van der Waals surface area contributed by atoms with Gasteiger partial charge in [0.1, 0.15) is 18.5 Å². The number of ketones is 1. The fourth-order valence-electron chi connectivity index (χ4n) is 6.32. The third kappa shape index (κ3) is 10.0. The average Bonchev–Trinajstić information content (AvgIpc) is 2.97. The third-order valence-electron chi connectivity index (χ3n) is 9.15. The zero-order valence-corrected chi connectivity index (χ0v) is 27.5. The summed E-state index contributed by atoms with van der Waals surface area (Å²) in [6, 6.07) is -0.714. The Labute approximate surface area is 262 Å². The predicted octanol–water partition coefficient (Wildman–Crippen LogP) is 2.18. The van der Waals surface area contributed by atoms with Crippen molar-refractivity contribution >= 4 is 18.0 Å². The number of aliphatic hydroxyl groups is 4. The lowest BCUT2D eigenvalue weighted by Crippen LogP contribution is -2.63. The number of allylic oxidation sites excluding steroid dienone is 3. The molecule has 1 fully saturated rings. The highest BCUT2D eigenvalue weighted by atomic mass is 16.7. The zero-order chi connectivity index (χ0) is 33.3. The number of hydrogen-bond donors (Lipinski definition) is 4. The fourth-order valence-corrected chi connectivity index (χ4v) is 6.32. The van der Waals surface area contributed by atoms with E-state index in [9.17, 15) is 34.8 Å². The molecule has 2 aliphatic heterocycles. The molecule has 1 saturated heterocycles. The number of rotatable bonds is 8. The van der Waals surface area contributed by atoms with Crippen molar-refractivity contribution in [3.8, 4) is 0 Å². The normalized spacial score (nSPS) is 41.0. The summed E-state index contributed by atoms with van der Waals surface area (Å²) in [5.41, 5.74) is 0.721. The van der Waals surface area contributed by atoms with Crippen LogP contribution in [0, 0.1) is 23.7 Å². The van der Waals surface area contributed by atoms with E-state index < -0.39 is 84.7 Å². The molecule has 11 nitrogen and oxygen atoms in total. The van der Waals surface area contributed by atoms with E-state index >= 15 is 0 Å². The number of aldehydes is 1. The van der Waals surface area contributed by atoms with E-state index in [1.165, 1.54) is 6.08 Å². The minimum atomic E-state index is -1.27. The highest BCUT2D eigenvalue weighted by Crippen LogP contribution is 2.34. The number of carbonyl (C=O) groups excluding carboxylic acids is 3. The van der Waals surface area contributed by atoms with Crippen LogP contribution in [0.15, 0.2) is 23.8 Å². The molecule has 0 aliphatic carbocycles. The molecule has 0 aromatic heterocycles. The van der Waals surface area contributed by atoms with Crippen LogP contribution >= 0.6 is 0 Å². The van der Waals surface area contributed by atoms with Crippen molar-refractivity contribution in [3.63, 3.8) is 0 Å². The number of nitrogens with zero attached hydrogens (tertiary/aromatic N) is 1. The smallest absolute Gasteiger partial charge is 0.308 e. The maximum absolute atomic E-state index is 13.2. The Hall–Kier alpha value is -1.99. The second kappa shape index (κ2) is 17.6. The number of carbonyl (C=O) groups is 3. The SMILES string of the molecule is CCC(O)C1/C=C(C)/C=C/C(=O)C(C)CC(CC=O)C(OC2OC(C)C(O)C(N(C)C)C2O)C(C)C(O)CC(=O)OC1CC. The van der Waals surface area contributed by atoms with Gasteiger partial charge in [0, 0.05) is 24.2 Å². The lowest BCUT2D eigenvalue weighted by molar-refractivity contribution is -0.304. The Balaban J connectivity index is 2.55. The van der Waals surface area contributed by atoms with Gasteiger partial charge in [0.15, 0.2) is 12.1 Å². The summed E-state index contributed by atoms with van der Waals surface area (Å²) in [5, 5.41) is 43.9. The number of esters is 1. The molecule has 0 amide bonds. The van der Waals surface area contributed by atoms with Crippen molar-refractivity contribution in [2.45, 2.75) is 129 Å². The summed E-state index contributed by atoms with van der Waals surface area (Å²) in [5.74, 6) is -3.19. The van der Waals surface area contributed by atoms with E-state index in [1.807, 2.05) is 19.9 Å². The second-order valence-electron chi connectivity index (χ2n) is 12.8. The van der Waals surface area contributed by atoms with E-state index in [4.69, 9.17) is 14.2 Å². The summed E-state index contributed by atoms with van der Waals surface area (Å²) in [6.07, 6.45) is -1.44.